The number of carbonyl (C=O) groups is 1. The molecule has 0 aromatic heterocycles. The molecule has 0 aromatic rings. The van der Waals surface area contributed by atoms with Gasteiger partial charge in [-0.15, -0.1) is 0 Å². The molecule has 98 valence electrons. The SMILES string of the molecule is CCC1(C(=O)NCC2(O)CCCC2)CCCN1. The average Bonchev–Trinajstić information content (AvgIpc) is 2.96. The molecule has 1 aliphatic heterocycles. The maximum absolute atomic E-state index is 12.2. The normalized spacial score (nSPS) is 31.6. The summed E-state index contributed by atoms with van der Waals surface area (Å²) in [6.45, 7) is 3.38. The first-order chi connectivity index (χ1) is 8.10. The Morgan fingerprint density at radius 2 is 2.00 bits per heavy atom. The highest BCUT2D eigenvalue weighted by atomic mass is 16.3. The number of rotatable bonds is 4. The van der Waals surface area contributed by atoms with Gasteiger partial charge in [-0.3, -0.25) is 4.79 Å². The maximum Gasteiger partial charge on any atom is 0.240 e. The van der Waals surface area contributed by atoms with E-state index >= 15 is 0 Å². The van der Waals surface area contributed by atoms with Gasteiger partial charge in [0.05, 0.1) is 11.1 Å². The Labute approximate surface area is 103 Å². The number of amides is 1. The molecule has 1 heterocycles. The maximum atomic E-state index is 12.2. The zero-order valence-corrected chi connectivity index (χ0v) is 10.7. The Morgan fingerprint density at radius 1 is 1.29 bits per heavy atom. The molecule has 1 saturated carbocycles. The fourth-order valence-corrected chi connectivity index (χ4v) is 3.09. The van der Waals surface area contributed by atoms with Gasteiger partial charge in [-0.25, -0.2) is 0 Å². The van der Waals surface area contributed by atoms with Crippen molar-refractivity contribution in [2.75, 3.05) is 13.1 Å². The average molecular weight is 240 g/mol. The first kappa shape index (κ1) is 12.8. The highest BCUT2D eigenvalue weighted by Gasteiger charge is 2.40. The zero-order chi connectivity index (χ0) is 12.4. The van der Waals surface area contributed by atoms with Gasteiger partial charge < -0.3 is 15.7 Å². The van der Waals surface area contributed by atoms with Crippen LogP contribution in [0.15, 0.2) is 0 Å². The first-order valence-electron chi connectivity index (χ1n) is 6.86. The molecule has 4 heteroatoms. The van der Waals surface area contributed by atoms with Gasteiger partial charge in [0.15, 0.2) is 0 Å². The van der Waals surface area contributed by atoms with Crippen LogP contribution < -0.4 is 10.6 Å². The molecular weight excluding hydrogens is 216 g/mol. The molecule has 4 nitrogen and oxygen atoms in total. The molecule has 1 atom stereocenters. The van der Waals surface area contributed by atoms with E-state index in [0.717, 1.165) is 51.5 Å². The van der Waals surface area contributed by atoms with E-state index in [9.17, 15) is 9.90 Å². The summed E-state index contributed by atoms with van der Waals surface area (Å²) >= 11 is 0. The second-order valence-electron chi connectivity index (χ2n) is 5.58. The minimum absolute atomic E-state index is 0.0674. The smallest absolute Gasteiger partial charge is 0.240 e. The Kier molecular flexibility index (Phi) is 3.73. The van der Waals surface area contributed by atoms with Crippen LogP contribution in [0.1, 0.15) is 51.9 Å². The quantitative estimate of drug-likeness (QED) is 0.685. The molecule has 2 fully saturated rings. The molecule has 1 saturated heterocycles. The van der Waals surface area contributed by atoms with Gasteiger partial charge in [0.25, 0.3) is 0 Å². The summed E-state index contributed by atoms with van der Waals surface area (Å²) in [5.74, 6) is 0.0674. The van der Waals surface area contributed by atoms with E-state index in [4.69, 9.17) is 0 Å². The number of carbonyl (C=O) groups excluding carboxylic acids is 1. The molecule has 2 aliphatic rings. The number of aliphatic hydroxyl groups is 1. The number of nitrogens with one attached hydrogen (secondary N) is 2. The van der Waals surface area contributed by atoms with Gasteiger partial charge in [0.1, 0.15) is 0 Å². The first-order valence-corrected chi connectivity index (χ1v) is 6.86. The van der Waals surface area contributed by atoms with Crippen LogP contribution in [-0.4, -0.2) is 35.2 Å². The summed E-state index contributed by atoms with van der Waals surface area (Å²) in [6.07, 6.45) is 6.57. The van der Waals surface area contributed by atoms with Gasteiger partial charge in [0, 0.05) is 6.54 Å². The Balaban J connectivity index is 1.88. The number of hydrogen-bond donors (Lipinski definition) is 3. The van der Waals surface area contributed by atoms with Crippen molar-refractivity contribution in [1.29, 1.82) is 0 Å². The molecule has 0 spiro atoms. The summed E-state index contributed by atoms with van der Waals surface area (Å²) in [6, 6.07) is 0. The van der Waals surface area contributed by atoms with E-state index < -0.39 is 5.60 Å². The van der Waals surface area contributed by atoms with Crippen LogP contribution in [0.3, 0.4) is 0 Å². The monoisotopic (exact) mass is 240 g/mol. The predicted molar refractivity (Wildman–Crippen MR) is 66.7 cm³/mol. The van der Waals surface area contributed by atoms with Gasteiger partial charge in [-0.1, -0.05) is 19.8 Å². The molecule has 2 rings (SSSR count). The summed E-state index contributed by atoms with van der Waals surface area (Å²) in [5.41, 5.74) is -1.03. The molecule has 0 bridgehead atoms. The molecule has 17 heavy (non-hydrogen) atoms. The zero-order valence-electron chi connectivity index (χ0n) is 10.7. The minimum Gasteiger partial charge on any atom is -0.388 e. The third-order valence-corrected chi connectivity index (χ3v) is 4.39. The summed E-state index contributed by atoms with van der Waals surface area (Å²) in [7, 11) is 0. The predicted octanol–water partition coefficient (Wildman–Crippen LogP) is 0.940. The van der Waals surface area contributed by atoms with Crippen molar-refractivity contribution >= 4 is 5.91 Å². The van der Waals surface area contributed by atoms with Gasteiger partial charge >= 0.3 is 0 Å². The van der Waals surface area contributed by atoms with Crippen LogP contribution in [0, 0.1) is 0 Å². The van der Waals surface area contributed by atoms with Gasteiger partial charge in [-0.2, -0.15) is 0 Å². The lowest BCUT2D eigenvalue weighted by atomic mass is 9.92. The second kappa shape index (κ2) is 4.94. The summed E-state index contributed by atoms with van der Waals surface area (Å²) in [4.78, 5) is 12.2. The third-order valence-electron chi connectivity index (χ3n) is 4.39. The van der Waals surface area contributed by atoms with E-state index in [1.165, 1.54) is 0 Å². The largest absolute Gasteiger partial charge is 0.388 e. The van der Waals surface area contributed by atoms with Crippen LogP contribution in [0.4, 0.5) is 0 Å². The lowest BCUT2D eigenvalue weighted by Crippen LogP contribution is -2.55. The standard InChI is InChI=1S/C13H24N2O2/c1-2-13(8-5-9-15-13)11(16)14-10-12(17)6-3-4-7-12/h15,17H,2-10H2,1H3,(H,14,16). The lowest BCUT2D eigenvalue weighted by molar-refractivity contribution is -0.128. The van der Waals surface area contributed by atoms with Crippen LogP contribution >= 0.6 is 0 Å². The van der Waals surface area contributed by atoms with Crippen molar-refractivity contribution in [3.05, 3.63) is 0 Å². The van der Waals surface area contributed by atoms with Crippen molar-refractivity contribution in [3.63, 3.8) is 0 Å². The molecule has 1 unspecified atom stereocenters. The summed E-state index contributed by atoms with van der Waals surface area (Å²) < 4.78 is 0. The second-order valence-corrected chi connectivity index (χ2v) is 5.58. The van der Waals surface area contributed by atoms with Crippen LogP contribution in [0.5, 0.6) is 0 Å². The van der Waals surface area contributed by atoms with E-state index in [-0.39, 0.29) is 11.4 Å². The van der Waals surface area contributed by atoms with Crippen molar-refractivity contribution < 1.29 is 9.90 Å². The van der Waals surface area contributed by atoms with E-state index in [0.29, 0.717) is 6.54 Å². The Bertz CT molecular complexity index is 279. The van der Waals surface area contributed by atoms with Crippen molar-refractivity contribution in [2.24, 2.45) is 0 Å². The van der Waals surface area contributed by atoms with Crippen LogP contribution in [-0.2, 0) is 4.79 Å². The fraction of sp³-hybridized carbons (Fsp3) is 0.923. The lowest BCUT2D eigenvalue weighted by Gasteiger charge is -2.29. The molecule has 1 amide bonds. The molecule has 0 aromatic carbocycles. The third kappa shape index (κ3) is 2.63. The van der Waals surface area contributed by atoms with Crippen LogP contribution in [0.2, 0.25) is 0 Å². The number of hydrogen-bond acceptors (Lipinski definition) is 3. The highest BCUT2D eigenvalue weighted by Crippen LogP contribution is 2.29. The van der Waals surface area contributed by atoms with Crippen molar-refractivity contribution in [3.8, 4) is 0 Å². The van der Waals surface area contributed by atoms with Crippen LogP contribution in [0.25, 0.3) is 0 Å². The minimum atomic E-state index is -0.650. The van der Waals surface area contributed by atoms with E-state index in [2.05, 4.69) is 10.6 Å². The van der Waals surface area contributed by atoms with Crippen molar-refractivity contribution in [1.82, 2.24) is 10.6 Å². The Morgan fingerprint density at radius 3 is 2.53 bits per heavy atom. The van der Waals surface area contributed by atoms with E-state index in [1.54, 1.807) is 0 Å². The topological polar surface area (TPSA) is 61.4 Å². The van der Waals surface area contributed by atoms with Gasteiger partial charge in [0.2, 0.25) is 5.91 Å². The molecular formula is C13H24N2O2. The van der Waals surface area contributed by atoms with E-state index in [1.807, 2.05) is 6.92 Å². The fourth-order valence-electron chi connectivity index (χ4n) is 3.09. The Hall–Kier alpha value is -0.610. The molecule has 1 aliphatic carbocycles. The summed E-state index contributed by atoms with van der Waals surface area (Å²) in [5, 5.41) is 16.5. The van der Waals surface area contributed by atoms with Crippen molar-refractivity contribution in [2.45, 2.75) is 63.0 Å². The molecule has 0 radical (unpaired) electrons. The molecule has 3 N–H and O–H groups in total. The highest BCUT2D eigenvalue weighted by molar-refractivity contribution is 5.86. The van der Waals surface area contributed by atoms with Gasteiger partial charge in [-0.05, 0) is 38.6 Å².